The molecule has 0 amide bonds. The van der Waals surface area contributed by atoms with Gasteiger partial charge in [-0.25, -0.2) is 9.37 Å². The Hall–Kier alpha value is -3.69. The Kier molecular flexibility index (Phi) is 5.45. The van der Waals surface area contributed by atoms with Crippen molar-refractivity contribution < 1.29 is 22.3 Å². The Morgan fingerprint density at radius 3 is 2.41 bits per heavy atom. The van der Waals surface area contributed by atoms with Crippen LogP contribution in [0.3, 0.4) is 0 Å². The van der Waals surface area contributed by atoms with E-state index >= 15 is 0 Å². The third-order valence-corrected chi connectivity index (χ3v) is 5.46. The summed E-state index contributed by atoms with van der Waals surface area (Å²) in [4.78, 5) is 20.4. The van der Waals surface area contributed by atoms with Crippen LogP contribution in [0.5, 0.6) is 5.75 Å². The Bertz CT molecular complexity index is 1180. The van der Waals surface area contributed by atoms with E-state index in [-0.39, 0.29) is 21.7 Å². The summed E-state index contributed by atoms with van der Waals surface area (Å²) in [6, 6.07) is 9.15. The number of nitrogens with zero attached hydrogens (tertiary/aromatic N) is 3. The van der Waals surface area contributed by atoms with E-state index in [1.165, 1.54) is 43.6 Å². The fourth-order valence-corrected chi connectivity index (χ4v) is 3.87. The van der Waals surface area contributed by atoms with Gasteiger partial charge in [0.2, 0.25) is 5.95 Å². The molecular weight excluding hydrogens is 428 g/mol. The Morgan fingerprint density at radius 2 is 1.81 bits per heavy atom. The zero-order chi connectivity index (χ0) is 23.0. The fourth-order valence-electron chi connectivity index (χ4n) is 3.87. The summed E-state index contributed by atoms with van der Waals surface area (Å²) in [5.41, 5.74) is -0.750. The normalized spacial score (nSPS) is 20.2. The zero-order valence-corrected chi connectivity index (χ0v) is 17.0. The molecule has 1 aliphatic heterocycles. The van der Waals surface area contributed by atoms with Gasteiger partial charge in [-0.2, -0.15) is 13.2 Å². The summed E-state index contributed by atoms with van der Waals surface area (Å²) in [5, 5.41) is 3.23. The molecule has 1 aliphatic rings. The van der Waals surface area contributed by atoms with Crippen molar-refractivity contribution in [3.05, 3.63) is 93.7 Å². The quantitative estimate of drug-likeness (QED) is 0.480. The minimum Gasteiger partial charge on any atom is -0.491 e. The lowest BCUT2D eigenvalue weighted by Crippen LogP contribution is -2.48. The van der Waals surface area contributed by atoms with Crippen molar-refractivity contribution >= 4 is 5.84 Å². The van der Waals surface area contributed by atoms with Crippen molar-refractivity contribution in [2.24, 2.45) is 4.99 Å². The summed E-state index contributed by atoms with van der Waals surface area (Å²) < 4.78 is 59.2. The van der Waals surface area contributed by atoms with Crippen molar-refractivity contribution in [2.45, 2.75) is 25.1 Å². The smallest absolute Gasteiger partial charge is 0.321 e. The topological polar surface area (TPSA) is 68.5 Å². The van der Waals surface area contributed by atoms with Gasteiger partial charge >= 0.3 is 6.55 Å². The predicted octanol–water partition coefficient (Wildman–Crippen LogP) is 3.61. The predicted molar refractivity (Wildman–Crippen MR) is 109 cm³/mol. The van der Waals surface area contributed by atoms with Crippen LogP contribution >= 0.6 is 0 Å². The highest BCUT2D eigenvalue weighted by molar-refractivity contribution is 6.01. The van der Waals surface area contributed by atoms with Crippen molar-refractivity contribution in [2.75, 3.05) is 7.11 Å². The van der Waals surface area contributed by atoms with Crippen LogP contribution in [0.1, 0.15) is 30.2 Å². The first-order chi connectivity index (χ1) is 15.3. The van der Waals surface area contributed by atoms with Crippen LogP contribution in [0.25, 0.3) is 0 Å². The highest BCUT2D eigenvalue weighted by atomic mass is 19.3. The fraction of sp³-hybridized carbons (Fsp3) is 0.227. The number of halogens is 4. The average Bonchev–Trinajstić information content (AvgIpc) is 3.12. The SMILES string of the molecule is COc1cc(C2=N[C@@H](C)[C@@](c3ccc(F)cc3)(c3ccc(F)nc3)N2)cn(C(F)F)c1=O. The molecule has 32 heavy (non-hydrogen) atoms. The van der Waals surface area contributed by atoms with E-state index in [1.807, 2.05) is 0 Å². The lowest BCUT2D eigenvalue weighted by atomic mass is 9.79. The molecule has 0 fully saturated rings. The highest BCUT2D eigenvalue weighted by Gasteiger charge is 2.45. The molecular formula is C22H18F4N4O2. The average molecular weight is 446 g/mol. The molecule has 2 aromatic heterocycles. The molecule has 0 aliphatic carbocycles. The highest BCUT2D eigenvalue weighted by Crippen LogP contribution is 2.38. The molecule has 3 aromatic rings. The molecule has 3 heterocycles. The van der Waals surface area contributed by atoms with Gasteiger partial charge in [-0.15, -0.1) is 0 Å². The lowest BCUT2D eigenvalue weighted by Gasteiger charge is -2.34. The van der Waals surface area contributed by atoms with E-state index < -0.39 is 35.5 Å². The van der Waals surface area contributed by atoms with Crippen molar-refractivity contribution in [3.63, 3.8) is 0 Å². The van der Waals surface area contributed by atoms with E-state index in [2.05, 4.69) is 15.3 Å². The number of amidine groups is 1. The van der Waals surface area contributed by atoms with Crippen LogP contribution in [-0.4, -0.2) is 28.5 Å². The number of methoxy groups -OCH3 is 1. The maximum atomic E-state index is 13.6. The van der Waals surface area contributed by atoms with Gasteiger partial charge in [-0.05, 0) is 36.8 Å². The van der Waals surface area contributed by atoms with Gasteiger partial charge in [0.1, 0.15) is 17.2 Å². The molecule has 0 radical (unpaired) electrons. The van der Waals surface area contributed by atoms with Crippen LogP contribution in [-0.2, 0) is 5.54 Å². The molecule has 4 rings (SSSR count). The minimum absolute atomic E-state index is 0.188. The lowest BCUT2D eigenvalue weighted by molar-refractivity contribution is 0.0653. The molecule has 0 saturated heterocycles. The third-order valence-electron chi connectivity index (χ3n) is 5.46. The summed E-state index contributed by atoms with van der Waals surface area (Å²) in [7, 11) is 1.20. The molecule has 10 heteroatoms. The van der Waals surface area contributed by atoms with E-state index in [9.17, 15) is 22.4 Å². The standard InChI is InChI=1S/C22H18F4N4O2/c1-12-22(14-3-6-16(23)7-4-14,15-5-8-18(24)27-10-15)29-19(28-12)13-9-17(32-2)20(31)30(11-13)21(25)26/h3-12,21H,1-2H3,(H,28,29)/t12-,22+/m0/s1. The number of nitrogens with one attached hydrogen (secondary N) is 1. The van der Waals surface area contributed by atoms with Crippen LogP contribution in [0.4, 0.5) is 17.6 Å². The molecule has 1 aromatic carbocycles. The number of benzene rings is 1. The van der Waals surface area contributed by atoms with Gasteiger partial charge in [0.15, 0.2) is 5.75 Å². The van der Waals surface area contributed by atoms with E-state index in [0.29, 0.717) is 11.1 Å². The summed E-state index contributed by atoms with van der Waals surface area (Å²) in [6.07, 6.45) is 2.32. The van der Waals surface area contributed by atoms with Crippen LogP contribution in [0.2, 0.25) is 0 Å². The number of alkyl halides is 2. The minimum atomic E-state index is -3.08. The van der Waals surface area contributed by atoms with Crippen molar-refractivity contribution in [1.29, 1.82) is 0 Å². The maximum Gasteiger partial charge on any atom is 0.321 e. The van der Waals surface area contributed by atoms with Crippen molar-refractivity contribution in [1.82, 2.24) is 14.9 Å². The Morgan fingerprint density at radius 1 is 1.12 bits per heavy atom. The van der Waals surface area contributed by atoms with Gasteiger partial charge in [-0.3, -0.25) is 14.4 Å². The Balaban J connectivity index is 1.86. The molecule has 0 bridgehead atoms. The van der Waals surface area contributed by atoms with Gasteiger partial charge in [0.25, 0.3) is 5.56 Å². The molecule has 2 atom stereocenters. The first-order valence-electron chi connectivity index (χ1n) is 9.59. The molecule has 166 valence electrons. The second-order valence-corrected chi connectivity index (χ2v) is 7.25. The van der Waals surface area contributed by atoms with Gasteiger partial charge in [0, 0.05) is 23.5 Å². The first kappa shape index (κ1) is 21.5. The molecule has 0 saturated carbocycles. The molecule has 0 unspecified atom stereocenters. The summed E-state index contributed by atoms with van der Waals surface area (Å²) in [6.45, 7) is -1.31. The van der Waals surface area contributed by atoms with E-state index in [4.69, 9.17) is 4.74 Å². The van der Waals surface area contributed by atoms with Gasteiger partial charge < -0.3 is 10.1 Å². The number of aromatic nitrogens is 2. The summed E-state index contributed by atoms with van der Waals surface area (Å²) >= 11 is 0. The number of rotatable bonds is 5. The number of ether oxygens (including phenoxy) is 1. The molecule has 1 N–H and O–H groups in total. The third kappa shape index (κ3) is 3.51. The van der Waals surface area contributed by atoms with Crippen LogP contribution < -0.4 is 15.6 Å². The van der Waals surface area contributed by atoms with Crippen LogP contribution in [0, 0.1) is 11.8 Å². The van der Waals surface area contributed by atoms with Gasteiger partial charge in [0.05, 0.1) is 13.2 Å². The number of pyridine rings is 2. The Labute approximate surface area is 180 Å². The van der Waals surface area contributed by atoms with Gasteiger partial charge in [-0.1, -0.05) is 18.2 Å². The molecule has 0 spiro atoms. The zero-order valence-electron chi connectivity index (χ0n) is 17.0. The van der Waals surface area contributed by atoms with E-state index in [1.54, 1.807) is 19.1 Å². The second kappa shape index (κ2) is 8.10. The van der Waals surface area contributed by atoms with Crippen molar-refractivity contribution in [3.8, 4) is 5.75 Å². The summed E-state index contributed by atoms with van der Waals surface area (Å²) in [5.74, 6) is -1.19. The van der Waals surface area contributed by atoms with E-state index in [0.717, 1.165) is 6.20 Å². The van der Waals surface area contributed by atoms with Crippen LogP contribution in [0.15, 0.2) is 64.6 Å². The first-order valence-corrected chi connectivity index (χ1v) is 9.59. The molecule has 6 nitrogen and oxygen atoms in total. The number of hydrogen-bond donors (Lipinski definition) is 1. The number of hydrogen-bond acceptors (Lipinski definition) is 5. The monoisotopic (exact) mass is 446 g/mol. The maximum absolute atomic E-state index is 13.6. The largest absolute Gasteiger partial charge is 0.491 e. The second-order valence-electron chi connectivity index (χ2n) is 7.25. The number of aliphatic imine (C=N–C) groups is 1.